The van der Waals surface area contributed by atoms with Crippen molar-refractivity contribution in [1.29, 1.82) is 0 Å². The van der Waals surface area contributed by atoms with Gasteiger partial charge in [0.25, 0.3) is 0 Å². The molecule has 0 saturated carbocycles. The van der Waals surface area contributed by atoms with Gasteiger partial charge in [0.2, 0.25) is 0 Å². The zero-order valence-electron chi connectivity index (χ0n) is 11.9. The molecule has 118 valence electrons. The van der Waals surface area contributed by atoms with Gasteiger partial charge < -0.3 is 19.8 Å². The molecule has 23 heavy (non-hydrogen) atoms. The zero-order valence-corrected chi connectivity index (χ0v) is 14.8. The van der Waals surface area contributed by atoms with E-state index in [4.69, 9.17) is 0 Å². The van der Waals surface area contributed by atoms with Gasteiger partial charge in [0.1, 0.15) is 11.6 Å². The van der Waals surface area contributed by atoms with Crippen molar-refractivity contribution in [3.8, 4) is 0 Å². The minimum absolute atomic E-state index is 0. The number of rotatable bonds is 4. The summed E-state index contributed by atoms with van der Waals surface area (Å²) in [4.78, 5) is 20.1. The molecule has 0 saturated heterocycles. The van der Waals surface area contributed by atoms with E-state index >= 15 is 0 Å². The number of carbonyl (C=O) groups excluding carboxylic acids is 2. The molecule has 0 bridgehead atoms. The maximum absolute atomic E-state index is 12.3. The predicted molar refractivity (Wildman–Crippen MR) is 76.0 cm³/mol. The van der Waals surface area contributed by atoms with Crippen LogP contribution < -0.4 is 10.2 Å². The number of carboxylic acids is 2. The van der Waals surface area contributed by atoms with Gasteiger partial charge in [-0.25, -0.2) is 8.78 Å². The van der Waals surface area contributed by atoms with Gasteiger partial charge in [-0.05, 0) is 35.4 Å². The van der Waals surface area contributed by atoms with E-state index < -0.39 is 11.9 Å². The molecule has 0 aliphatic heterocycles. The average molecular weight is 425 g/mol. The van der Waals surface area contributed by atoms with Crippen molar-refractivity contribution in [2.24, 2.45) is 0 Å². The summed E-state index contributed by atoms with van der Waals surface area (Å²) in [6, 6.07) is 10.6. The molecular weight excluding hydrogens is 413 g/mol. The summed E-state index contributed by atoms with van der Waals surface area (Å²) in [6.45, 7) is 0. The fourth-order valence-corrected chi connectivity index (χ4v) is 1.54. The third-order valence-electron chi connectivity index (χ3n) is 2.52. The second kappa shape index (κ2) is 10.7. The van der Waals surface area contributed by atoms with Crippen LogP contribution >= 0.6 is 0 Å². The Labute approximate surface area is 148 Å². The van der Waals surface area contributed by atoms with E-state index in [1.807, 2.05) is 0 Å². The average Bonchev–Trinajstić information content (AvgIpc) is 2.44. The molecule has 2 aromatic rings. The van der Waals surface area contributed by atoms with Crippen molar-refractivity contribution < 1.29 is 28.6 Å². The normalized spacial score (nSPS) is 9.13. The fraction of sp³-hybridized carbons (Fsp3) is 0.125. The van der Waals surface area contributed by atoms with Gasteiger partial charge >= 0.3 is 23.9 Å². The maximum atomic E-state index is 12.3. The Morgan fingerprint density at radius 3 is 1.17 bits per heavy atom. The van der Waals surface area contributed by atoms with Gasteiger partial charge in [-0.1, -0.05) is 24.3 Å². The molecule has 0 aromatic heterocycles. The molecule has 0 heterocycles. The molecule has 7 heteroatoms. The van der Waals surface area contributed by atoms with Crippen LogP contribution in [-0.4, -0.2) is 35.8 Å². The Bertz CT molecular complexity index is 570. The summed E-state index contributed by atoms with van der Waals surface area (Å²) >= 11 is 0. The molecule has 2 radical (unpaired) electrons. The van der Waals surface area contributed by atoms with Crippen LogP contribution in [0.1, 0.15) is 11.1 Å². The quantitative estimate of drug-likeness (QED) is 0.639. The van der Waals surface area contributed by atoms with Crippen molar-refractivity contribution in [3.63, 3.8) is 0 Å². The summed E-state index contributed by atoms with van der Waals surface area (Å²) in [7, 11) is 0. The van der Waals surface area contributed by atoms with Crippen LogP contribution in [0, 0.1) is 11.6 Å². The van der Waals surface area contributed by atoms with Crippen LogP contribution in [0.15, 0.2) is 48.5 Å². The molecule has 0 N–H and O–H groups in total. The standard InChI is InChI=1S/2C8H7FO2.Sn/c2*9-7-3-1-6(2-4-7)5-8(10)11;/h2*1-4H,5H2,(H,10,11);/q;;+2/p-2. The van der Waals surface area contributed by atoms with Gasteiger partial charge in [-0.15, -0.1) is 0 Å². The Kier molecular flexibility index (Phi) is 9.80. The molecule has 0 aliphatic carbocycles. The number of hydrogen-bond acceptors (Lipinski definition) is 4. The minimum Gasteiger partial charge on any atom is -0.550 e. The molecule has 0 fully saturated rings. The summed E-state index contributed by atoms with van der Waals surface area (Å²) in [5, 5.41) is 20.1. The Morgan fingerprint density at radius 1 is 0.696 bits per heavy atom. The van der Waals surface area contributed by atoms with E-state index in [1.54, 1.807) is 0 Å². The van der Waals surface area contributed by atoms with Crippen molar-refractivity contribution in [3.05, 3.63) is 71.3 Å². The van der Waals surface area contributed by atoms with E-state index in [0.29, 0.717) is 11.1 Å². The molecular formula is C16H12F2O4Sn. The first-order chi connectivity index (χ1) is 10.4. The topological polar surface area (TPSA) is 80.3 Å². The smallest absolute Gasteiger partial charge is 0.550 e. The summed E-state index contributed by atoms with van der Waals surface area (Å²) in [5.41, 5.74) is 1.10. The van der Waals surface area contributed by atoms with E-state index in [2.05, 4.69) is 0 Å². The molecule has 0 spiro atoms. The number of benzene rings is 2. The van der Waals surface area contributed by atoms with Crippen LogP contribution in [0.4, 0.5) is 8.78 Å². The van der Waals surface area contributed by atoms with Crippen molar-refractivity contribution >= 4 is 35.8 Å². The second-order valence-electron chi connectivity index (χ2n) is 4.35. The third kappa shape index (κ3) is 9.62. The number of aliphatic carboxylic acids is 2. The van der Waals surface area contributed by atoms with E-state index in [1.165, 1.54) is 48.5 Å². The summed E-state index contributed by atoms with van der Waals surface area (Å²) in [6.07, 6.45) is -0.333. The van der Waals surface area contributed by atoms with Crippen molar-refractivity contribution in [2.75, 3.05) is 0 Å². The molecule has 0 aliphatic rings. The molecule has 2 rings (SSSR count). The van der Waals surface area contributed by atoms with Crippen LogP contribution in [-0.2, 0) is 22.4 Å². The van der Waals surface area contributed by atoms with E-state index in [9.17, 15) is 28.6 Å². The van der Waals surface area contributed by atoms with Crippen LogP contribution in [0.2, 0.25) is 0 Å². The predicted octanol–water partition coefficient (Wildman–Crippen LogP) is -0.145. The maximum Gasteiger partial charge on any atom is 2.00 e. The molecule has 0 unspecified atom stereocenters. The third-order valence-corrected chi connectivity index (χ3v) is 2.52. The Morgan fingerprint density at radius 2 is 0.957 bits per heavy atom. The molecule has 0 atom stereocenters. The number of carboxylic acid groups (broad SMARTS) is 2. The fourth-order valence-electron chi connectivity index (χ4n) is 1.54. The summed E-state index contributed by atoms with van der Waals surface area (Å²) < 4.78 is 24.5. The Hall–Kier alpha value is -1.96. The van der Waals surface area contributed by atoms with E-state index in [0.717, 1.165) is 0 Å². The van der Waals surface area contributed by atoms with Crippen molar-refractivity contribution in [2.45, 2.75) is 12.8 Å². The van der Waals surface area contributed by atoms with E-state index in [-0.39, 0.29) is 48.4 Å². The van der Waals surface area contributed by atoms with Gasteiger partial charge in [0.05, 0.1) is 0 Å². The van der Waals surface area contributed by atoms with Gasteiger partial charge in [-0.3, -0.25) is 0 Å². The first kappa shape index (κ1) is 21.0. The molecule has 0 amide bonds. The largest absolute Gasteiger partial charge is 2.00 e. The SMILES string of the molecule is O=C([O-])Cc1ccc(F)cc1.O=C([O-])Cc1ccc(F)cc1.[Sn+2]. The van der Waals surface area contributed by atoms with Gasteiger partial charge in [-0.2, -0.15) is 0 Å². The van der Waals surface area contributed by atoms with Gasteiger partial charge in [0, 0.05) is 24.8 Å². The minimum atomic E-state index is -1.16. The summed E-state index contributed by atoms with van der Waals surface area (Å²) in [5.74, 6) is -3.05. The number of hydrogen-bond donors (Lipinski definition) is 0. The molecule has 2 aromatic carbocycles. The monoisotopic (exact) mass is 426 g/mol. The number of carbonyl (C=O) groups is 2. The second-order valence-corrected chi connectivity index (χ2v) is 4.35. The zero-order chi connectivity index (χ0) is 16.5. The van der Waals surface area contributed by atoms with Crippen molar-refractivity contribution in [1.82, 2.24) is 0 Å². The first-order valence-electron chi connectivity index (χ1n) is 6.25. The Balaban J connectivity index is 0.000000403. The first-order valence-corrected chi connectivity index (χ1v) is 6.25. The van der Waals surface area contributed by atoms with Crippen LogP contribution in [0.3, 0.4) is 0 Å². The molecule has 4 nitrogen and oxygen atoms in total. The number of halogens is 2. The van der Waals surface area contributed by atoms with Crippen LogP contribution in [0.5, 0.6) is 0 Å². The van der Waals surface area contributed by atoms with Gasteiger partial charge in [0.15, 0.2) is 0 Å². The van der Waals surface area contributed by atoms with Crippen LogP contribution in [0.25, 0.3) is 0 Å².